The van der Waals surface area contributed by atoms with E-state index in [4.69, 9.17) is 10.2 Å². The molecule has 4 heteroatoms. The van der Waals surface area contributed by atoms with Crippen molar-refractivity contribution in [3.8, 4) is 0 Å². The minimum absolute atomic E-state index is 0.270. The second kappa shape index (κ2) is 5.23. The molecule has 0 radical (unpaired) electrons. The summed E-state index contributed by atoms with van der Waals surface area (Å²) < 4.78 is 19.1. The van der Waals surface area contributed by atoms with Crippen LogP contribution in [0.4, 0.5) is 10.1 Å². The van der Waals surface area contributed by atoms with Crippen LogP contribution in [0, 0.1) is 5.82 Å². The van der Waals surface area contributed by atoms with E-state index >= 15 is 0 Å². The lowest BCUT2D eigenvalue weighted by atomic mass is 10.1. The normalized spacial score (nSPS) is 12.4. The van der Waals surface area contributed by atoms with Crippen molar-refractivity contribution in [2.75, 3.05) is 11.9 Å². The highest BCUT2D eigenvalue weighted by molar-refractivity contribution is 5.55. The molecular weight excluding hydrogens is 231 g/mol. The predicted molar refractivity (Wildman–Crippen MR) is 69.8 cm³/mol. The maximum absolute atomic E-state index is 13.8. The third kappa shape index (κ3) is 2.54. The molecule has 2 aromatic rings. The van der Waals surface area contributed by atoms with Crippen LogP contribution in [0.5, 0.6) is 0 Å². The molecule has 0 spiro atoms. The van der Waals surface area contributed by atoms with E-state index in [1.165, 1.54) is 6.07 Å². The van der Waals surface area contributed by atoms with Gasteiger partial charge in [-0.05, 0) is 31.2 Å². The lowest BCUT2D eigenvalue weighted by Gasteiger charge is -2.23. The Labute approximate surface area is 106 Å². The van der Waals surface area contributed by atoms with Crippen LogP contribution in [-0.2, 0) is 6.54 Å². The zero-order valence-corrected chi connectivity index (χ0v) is 10.6. The molecule has 0 bridgehead atoms. The van der Waals surface area contributed by atoms with E-state index in [1.54, 1.807) is 19.3 Å². The Morgan fingerprint density at radius 2 is 2.11 bits per heavy atom. The van der Waals surface area contributed by atoms with Gasteiger partial charge in [-0.3, -0.25) is 0 Å². The van der Waals surface area contributed by atoms with Crippen molar-refractivity contribution >= 4 is 5.69 Å². The zero-order chi connectivity index (χ0) is 13.1. The number of hydrogen-bond acceptors (Lipinski definition) is 3. The minimum atomic E-state index is -0.347. The van der Waals surface area contributed by atoms with Crippen LogP contribution in [-0.4, -0.2) is 7.05 Å². The van der Waals surface area contributed by atoms with Gasteiger partial charge >= 0.3 is 0 Å². The Kier molecular flexibility index (Phi) is 3.67. The van der Waals surface area contributed by atoms with Gasteiger partial charge in [0.2, 0.25) is 0 Å². The predicted octanol–water partition coefficient (Wildman–Crippen LogP) is 3.07. The van der Waals surface area contributed by atoms with Crippen LogP contribution in [0.2, 0.25) is 0 Å². The van der Waals surface area contributed by atoms with Crippen LogP contribution < -0.4 is 10.6 Å². The number of anilines is 1. The van der Waals surface area contributed by atoms with E-state index in [-0.39, 0.29) is 11.9 Å². The first-order valence-electron chi connectivity index (χ1n) is 5.87. The number of furan rings is 1. The molecule has 1 aromatic heterocycles. The number of rotatable bonds is 4. The van der Waals surface area contributed by atoms with Gasteiger partial charge in [0.25, 0.3) is 0 Å². The fourth-order valence-corrected chi connectivity index (χ4v) is 2.03. The van der Waals surface area contributed by atoms with Crippen molar-refractivity contribution in [3.05, 3.63) is 53.7 Å². The molecule has 1 heterocycles. The smallest absolute Gasteiger partial charge is 0.130 e. The molecule has 2 N–H and O–H groups in total. The van der Waals surface area contributed by atoms with E-state index in [0.29, 0.717) is 12.1 Å². The third-order valence-corrected chi connectivity index (χ3v) is 2.87. The molecule has 0 fully saturated rings. The molecule has 0 saturated carbocycles. The molecular formula is C14H17FN2O. The highest BCUT2D eigenvalue weighted by Crippen LogP contribution is 2.28. The molecule has 0 saturated heterocycles. The molecule has 96 valence electrons. The summed E-state index contributed by atoms with van der Waals surface area (Å²) in [5.41, 5.74) is 7.16. The lowest BCUT2D eigenvalue weighted by Crippen LogP contribution is -2.20. The highest BCUT2D eigenvalue weighted by atomic mass is 19.1. The van der Waals surface area contributed by atoms with Crippen LogP contribution in [0.1, 0.15) is 24.3 Å². The average Bonchev–Trinajstić information content (AvgIpc) is 2.80. The Morgan fingerprint density at radius 1 is 1.33 bits per heavy atom. The average molecular weight is 248 g/mol. The largest absolute Gasteiger partial charge is 0.467 e. The van der Waals surface area contributed by atoms with Crippen LogP contribution in [0.25, 0.3) is 0 Å². The Bertz CT molecular complexity index is 509. The monoisotopic (exact) mass is 248 g/mol. The van der Waals surface area contributed by atoms with Gasteiger partial charge in [0.1, 0.15) is 11.6 Å². The summed E-state index contributed by atoms with van der Waals surface area (Å²) in [5.74, 6) is 0.561. The maximum Gasteiger partial charge on any atom is 0.130 e. The molecule has 0 aliphatic carbocycles. The summed E-state index contributed by atoms with van der Waals surface area (Å²) in [5, 5.41) is 0. The van der Waals surface area contributed by atoms with Gasteiger partial charge in [-0.15, -0.1) is 0 Å². The zero-order valence-electron chi connectivity index (χ0n) is 10.6. The first kappa shape index (κ1) is 12.6. The quantitative estimate of drug-likeness (QED) is 0.904. The molecule has 0 amide bonds. The van der Waals surface area contributed by atoms with Crippen molar-refractivity contribution in [1.82, 2.24) is 0 Å². The summed E-state index contributed by atoms with van der Waals surface area (Å²) in [7, 11) is 1.89. The number of halogens is 1. The van der Waals surface area contributed by atoms with Gasteiger partial charge in [-0.2, -0.15) is 0 Å². The van der Waals surface area contributed by atoms with Crippen molar-refractivity contribution < 1.29 is 8.81 Å². The number of hydrogen-bond donors (Lipinski definition) is 1. The Balaban J connectivity index is 2.29. The number of nitrogens with two attached hydrogens (primary N) is 1. The van der Waals surface area contributed by atoms with E-state index in [0.717, 1.165) is 11.4 Å². The van der Waals surface area contributed by atoms with Crippen molar-refractivity contribution in [2.45, 2.75) is 19.5 Å². The summed E-state index contributed by atoms with van der Waals surface area (Å²) in [6.45, 7) is 2.36. The number of nitrogens with zero attached hydrogens (tertiary/aromatic N) is 1. The first-order chi connectivity index (χ1) is 8.59. The fraction of sp³-hybridized carbons (Fsp3) is 0.286. The molecule has 1 atom stereocenters. The summed E-state index contributed by atoms with van der Waals surface area (Å²) in [6, 6.07) is 8.37. The van der Waals surface area contributed by atoms with E-state index < -0.39 is 0 Å². The molecule has 2 rings (SSSR count). The lowest BCUT2D eigenvalue weighted by molar-refractivity contribution is 0.506. The Morgan fingerprint density at radius 3 is 2.72 bits per heavy atom. The molecule has 1 aromatic carbocycles. The summed E-state index contributed by atoms with van der Waals surface area (Å²) in [4.78, 5) is 1.93. The van der Waals surface area contributed by atoms with E-state index in [9.17, 15) is 4.39 Å². The second-order valence-corrected chi connectivity index (χ2v) is 4.40. The van der Waals surface area contributed by atoms with Crippen molar-refractivity contribution in [3.63, 3.8) is 0 Å². The molecule has 0 aliphatic rings. The van der Waals surface area contributed by atoms with E-state index in [2.05, 4.69) is 0 Å². The van der Waals surface area contributed by atoms with Crippen molar-refractivity contribution in [1.29, 1.82) is 0 Å². The van der Waals surface area contributed by atoms with Gasteiger partial charge in [-0.1, -0.05) is 6.07 Å². The minimum Gasteiger partial charge on any atom is -0.467 e. The third-order valence-electron chi connectivity index (χ3n) is 2.87. The SMILES string of the molecule is CC(N)c1c(F)cccc1N(C)Cc1ccco1. The molecule has 0 aliphatic heterocycles. The number of benzene rings is 1. The molecule has 1 unspecified atom stereocenters. The van der Waals surface area contributed by atoms with Crippen LogP contribution >= 0.6 is 0 Å². The fourth-order valence-electron chi connectivity index (χ4n) is 2.03. The Hall–Kier alpha value is -1.81. The van der Waals surface area contributed by atoms with Gasteiger partial charge < -0.3 is 15.1 Å². The maximum atomic E-state index is 13.8. The summed E-state index contributed by atoms with van der Waals surface area (Å²) in [6.07, 6.45) is 1.63. The standard InChI is InChI=1S/C14H17FN2O/c1-10(16)14-12(15)6-3-7-13(14)17(2)9-11-5-4-8-18-11/h3-8,10H,9,16H2,1-2H3. The topological polar surface area (TPSA) is 42.4 Å². The highest BCUT2D eigenvalue weighted by Gasteiger charge is 2.15. The van der Waals surface area contributed by atoms with Gasteiger partial charge in [0.05, 0.1) is 12.8 Å². The van der Waals surface area contributed by atoms with Crippen molar-refractivity contribution in [2.24, 2.45) is 5.73 Å². The summed E-state index contributed by atoms with van der Waals surface area (Å²) >= 11 is 0. The van der Waals surface area contributed by atoms with Crippen LogP contribution in [0.15, 0.2) is 41.0 Å². The molecule has 3 nitrogen and oxygen atoms in total. The van der Waals surface area contributed by atoms with Gasteiger partial charge in [0.15, 0.2) is 0 Å². The first-order valence-corrected chi connectivity index (χ1v) is 5.87. The van der Waals surface area contributed by atoms with E-state index in [1.807, 2.05) is 30.1 Å². The van der Waals surface area contributed by atoms with Gasteiger partial charge in [-0.25, -0.2) is 4.39 Å². The van der Waals surface area contributed by atoms with Gasteiger partial charge in [0, 0.05) is 24.3 Å². The van der Waals surface area contributed by atoms with Crippen LogP contribution in [0.3, 0.4) is 0 Å². The molecule has 18 heavy (non-hydrogen) atoms. The second-order valence-electron chi connectivity index (χ2n) is 4.40.